The summed E-state index contributed by atoms with van der Waals surface area (Å²) in [5, 5.41) is 18.2. The second-order valence-electron chi connectivity index (χ2n) is 3.12. The normalized spacial score (nSPS) is 12.2. The molecule has 0 radical (unpaired) electrons. The molecule has 4 N–H and O–H groups in total. The van der Waals surface area contributed by atoms with Crippen LogP contribution in [0.2, 0.25) is 5.02 Å². The molecule has 0 aliphatic heterocycles. The smallest absolute Gasteiger partial charge is 0.131 e. The molecule has 0 spiro atoms. The summed E-state index contributed by atoms with van der Waals surface area (Å²) in [6, 6.07) is 4.97. The van der Waals surface area contributed by atoms with Gasteiger partial charge in [0.05, 0.1) is 17.2 Å². The highest BCUT2D eigenvalue weighted by molar-refractivity contribution is 7.80. The molecule has 0 aromatic heterocycles. The van der Waals surface area contributed by atoms with Crippen molar-refractivity contribution in [2.24, 2.45) is 5.73 Å². The van der Waals surface area contributed by atoms with Gasteiger partial charge in [0.1, 0.15) is 23.4 Å². The number of thiocarbonyl (C=S) groups is 1. The van der Waals surface area contributed by atoms with E-state index in [9.17, 15) is 0 Å². The molecule has 0 saturated carbocycles. The zero-order chi connectivity index (χ0) is 12.1. The zero-order valence-electron chi connectivity index (χ0n) is 8.39. The SMILES string of the molecule is NC(=S)c1c(Cl)cccc1OCC(O)CO. The van der Waals surface area contributed by atoms with Crippen LogP contribution in [0.3, 0.4) is 0 Å². The molecular weight excluding hydrogens is 250 g/mol. The van der Waals surface area contributed by atoms with Gasteiger partial charge in [0.2, 0.25) is 0 Å². The Morgan fingerprint density at radius 1 is 1.56 bits per heavy atom. The molecule has 0 bridgehead atoms. The van der Waals surface area contributed by atoms with Crippen molar-refractivity contribution in [2.75, 3.05) is 13.2 Å². The van der Waals surface area contributed by atoms with Crippen LogP contribution < -0.4 is 10.5 Å². The highest BCUT2D eigenvalue weighted by Gasteiger charge is 2.12. The maximum Gasteiger partial charge on any atom is 0.131 e. The van der Waals surface area contributed by atoms with Crippen molar-refractivity contribution in [3.8, 4) is 5.75 Å². The van der Waals surface area contributed by atoms with E-state index in [1.807, 2.05) is 0 Å². The summed E-state index contributed by atoms with van der Waals surface area (Å²) >= 11 is 10.8. The Balaban J connectivity index is 2.87. The third-order valence-corrected chi connectivity index (χ3v) is 2.38. The van der Waals surface area contributed by atoms with Gasteiger partial charge >= 0.3 is 0 Å². The number of benzene rings is 1. The van der Waals surface area contributed by atoms with Crippen molar-refractivity contribution < 1.29 is 14.9 Å². The Bertz CT molecular complexity index is 386. The molecule has 1 aromatic rings. The molecular formula is C10H12ClNO3S. The van der Waals surface area contributed by atoms with Gasteiger partial charge < -0.3 is 20.7 Å². The van der Waals surface area contributed by atoms with Crippen LogP contribution in [0, 0.1) is 0 Å². The Hall–Kier alpha value is -0.880. The van der Waals surface area contributed by atoms with E-state index < -0.39 is 6.10 Å². The predicted molar refractivity (Wildman–Crippen MR) is 65.9 cm³/mol. The molecule has 1 aromatic carbocycles. The average molecular weight is 262 g/mol. The minimum absolute atomic E-state index is 0.0492. The lowest BCUT2D eigenvalue weighted by Crippen LogP contribution is -2.22. The van der Waals surface area contributed by atoms with E-state index in [4.69, 9.17) is 44.5 Å². The molecule has 1 rings (SSSR count). The Labute approximate surface area is 104 Å². The minimum atomic E-state index is -0.946. The first-order valence-electron chi connectivity index (χ1n) is 4.56. The van der Waals surface area contributed by atoms with E-state index in [1.54, 1.807) is 18.2 Å². The van der Waals surface area contributed by atoms with Crippen LogP contribution in [0.4, 0.5) is 0 Å². The number of nitrogens with two attached hydrogens (primary N) is 1. The van der Waals surface area contributed by atoms with Crippen molar-refractivity contribution in [3.05, 3.63) is 28.8 Å². The summed E-state index contributed by atoms with van der Waals surface area (Å²) in [5.41, 5.74) is 5.94. The zero-order valence-corrected chi connectivity index (χ0v) is 9.96. The first-order valence-corrected chi connectivity index (χ1v) is 5.35. The third kappa shape index (κ3) is 3.31. The topological polar surface area (TPSA) is 75.7 Å². The summed E-state index contributed by atoms with van der Waals surface area (Å²) in [4.78, 5) is 0.124. The molecule has 0 heterocycles. The van der Waals surface area contributed by atoms with Gasteiger partial charge in [0.25, 0.3) is 0 Å². The standard InChI is InChI=1S/C10H12ClNO3S/c11-7-2-1-3-8(9(7)10(12)16)15-5-6(14)4-13/h1-3,6,13-14H,4-5H2,(H2,12,16). The van der Waals surface area contributed by atoms with Crippen LogP contribution in [0.15, 0.2) is 18.2 Å². The lowest BCUT2D eigenvalue weighted by Gasteiger charge is -2.13. The van der Waals surface area contributed by atoms with Gasteiger partial charge in [0.15, 0.2) is 0 Å². The van der Waals surface area contributed by atoms with Crippen molar-refractivity contribution in [1.29, 1.82) is 0 Å². The van der Waals surface area contributed by atoms with Crippen LogP contribution in [0.25, 0.3) is 0 Å². The molecule has 0 fully saturated rings. The monoisotopic (exact) mass is 261 g/mol. The molecule has 0 saturated heterocycles. The van der Waals surface area contributed by atoms with Gasteiger partial charge in [-0.25, -0.2) is 0 Å². The summed E-state index contributed by atoms with van der Waals surface area (Å²) in [5.74, 6) is 0.396. The molecule has 0 aliphatic carbocycles. The second kappa shape index (κ2) is 6.00. The Morgan fingerprint density at radius 2 is 2.25 bits per heavy atom. The van der Waals surface area contributed by atoms with Crippen molar-refractivity contribution in [3.63, 3.8) is 0 Å². The van der Waals surface area contributed by atoms with E-state index >= 15 is 0 Å². The number of aliphatic hydroxyl groups excluding tert-OH is 2. The van der Waals surface area contributed by atoms with Crippen molar-refractivity contribution >= 4 is 28.8 Å². The van der Waals surface area contributed by atoms with Gasteiger partial charge in [-0.2, -0.15) is 0 Å². The average Bonchev–Trinajstić information content (AvgIpc) is 2.25. The summed E-state index contributed by atoms with van der Waals surface area (Å²) in [6.07, 6.45) is -0.946. The van der Waals surface area contributed by atoms with Crippen LogP contribution in [0.1, 0.15) is 5.56 Å². The number of hydrogen-bond acceptors (Lipinski definition) is 4. The largest absolute Gasteiger partial charge is 0.490 e. The summed E-state index contributed by atoms with van der Waals surface area (Å²) in [7, 11) is 0. The highest BCUT2D eigenvalue weighted by Crippen LogP contribution is 2.26. The van der Waals surface area contributed by atoms with Crippen LogP contribution >= 0.6 is 23.8 Å². The Morgan fingerprint density at radius 3 is 2.81 bits per heavy atom. The van der Waals surface area contributed by atoms with Crippen molar-refractivity contribution in [2.45, 2.75) is 6.10 Å². The van der Waals surface area contributed by atoms with Crippen LogP contribution in [0.5, 0.6) is 5.75 Å². The molecule has 16 heavy (non-hydrogen) atoms. The molecule has 1 unspecified atom stereocenters. The number of ether oxygens (including phenoxy) is 1. The molecule has 4 nitrogen and oxygen atoms in total. The molecule has 6 heteroatoms. The molecule has 0 aliphatic rings. The Kier molecular flexibility index (Phi) is 4.95. The first-order chi connectivity index (χ1) is 7.56. The van der Waals surface area contributed by atoms with E-state index in [0.717, 1.165) is 0 Å². The number of aliphatic hydroxyl groups is 2. The number of hydrogen-bond donors (Lipinski definition) is 3. The number of halogens is 1. The van der Waals surface area contributed by atoms with Crippen LogP contribution in [-0.4, -0.2) is 34.5 Å². The lowest BCUT2D eigenvalue weighted by atomic mass is 10.2. The van der Waals surface area contributed by atoms with Gasteiger partial charge in [-0.05, 0) is 12.1 Å². The lowest BCUT2D eigenvalue weighted by molar-refractivity contribution is 0.0535. The van der Waals surface area contributed by atoms with E-state index in [1.165, 1.54) is 0 Å². The van der Waals surface area contributed by atoms with E-state index in [0.29, 0.717) is 16.3 Å². The summed E-state index contributed by atoms with van der Waals surface area (Å²) < 4.78 is 5.27. The van der Waals surface area contributed by atoms with Crippen LogP contribution in [-0.2, 0) is 0 Å². The second-order valence-corrected chi connectivity index (χ2v) is 3.97. The van der Waals surface area contributed by atoms with Crippen molar-refractivity contribution in [1.82, 2.24) is 0 Å². The van der Waals surface area contributed by atoms with Gasteiger partial charge in [0, 0.05) is 0 Å². The maximum absolute atomic E-state index is 9.15. The van der Waals surface area contributed by atoms with E-state index in [-0.39, 0.29) is 18.2 Å². The predicted octanol–water partition coefficient (Wildman–Crippen LogP) is 0.706. The first kappa shape index (κ1) is 13.2. The number of rotatable bonds is 5. The highest BCUT2D eigenvalue weighted by atomic mass is 35.5. The minimum Gasteiger partial charge on any atom is -0.490 e. The quantitative estimate of drug-likeness (QED) is 0.681. The van der Waals surface area contributed by atoms with Gasteiger partial charge in [-0.1, -0.05) is 29.9 Å². The fraction of sp³-hybridized carbons (Fsp3) is 0.300. The third-order valence-electron chi connectivity index (χ3n) is 1.86. The summed E-state index contributed by atoms with van der Waals surface area (Å²) in [6.45, 7) is -0.421. The molecule has 1 atom stereocenters. The van der Waals surface area contributed by atoms with Gasteiger partial charge in [-0.3, -0.25) is 0 Å². The van der Waals surface area contributed by atoms with E-state index in [2.05, 4.69) is 0 Å². The fourth-order valence-corrected chi connectivity index (χ4v) is 1.64. The van der Waals surface area contributed by atoms with Gasteiger partial charge in [-0.15, -0.1) is 0 Å². The molecule has 88 valence electrons. The fourth-order valence-electron chi connectivity index (χ4n) is 1.10. The molecule has 0 amide bonds. The maximum atomic E-state index is 9.15.